The monoisotopic (exact) mass is 313 g/mol. The van der Waals surface area contributed by atoms with Crippen molar-refractivity contribution in [2.24, 2.45) is 0 Å². The van der Waals surface area contributed by atoms with Crippen LogP contribution in [0.5, 0.6) is 5.75 Å². The first-order valence-electron chi connectivity index (χ1n) is 7.26. The molecule has 0 unspecified atom stereocenters. The molecule has 0 aliphatic heterocycles. The molecule has 0 bridgehead atoms. The Labute approximate surface area is 135 Å². The fraction of sp³-hybridized carbons (Fsp3) is 0.222. The van der Waals surface area contributed by atoms with E-state index in [0.29, 0.717) is 22.6 Å². The molecule has 1 N–H and O–H groups in total. The number of nitrogens with one attached hydrogen (secondary N) is 1. The molecule has 0 atom stereocenters. The van der Waals surface area contributed by atoms with E-state index in [1.807, 2.05) is 19.9 Å². The van der Waals surface area contributed by atoms with Crippen LogP contribution in [0.2, 0.25) is 0 Å². The molecule has 0 heterocycles. The third kappa shape index (κ3) is 4.32. The normalized spacial score (nSPS) is 10.3. The molecular weight excluding hydrogens is 294 g/mol. The number of rotatable bonds is 5. The lowest BCUT2D eigenvalue weighted by Crippen LogP contribution is -2.16. The largest absolute Gasteiger partial charge is 0.490 e. The number of carbonyl (C=O) groups is 2. The second kappa shape index (κ2) is 7.45. The van der Waals surface area contributed by atoms with Crippen LogP contribution < -0.4 is 10.1 Å². The second-order valence-electron chi connectivity index (χ2n) is 5.19. The molecule has 2 rings (SSSR count). The van der Waals surface area contributed by atoms with Crippen molar-refractivity contribution in [3.63, 3.8) is 0 Å². The van der Waals surface area contributed by atoms with E-state index in [4.69, 9.17) is 4.74 Å². The number of ether oxygens (including phenoxy) is 2. The van der Waals surface area contributed by atoms with Crippen LogP contribution in [0.15, 0.2) is 48.5 Å². The lowest BCUT2D eigenvalue weighted by atomic mass is 10.1. The molecule has 23 heavy (non-hydrogen) atoms. The van der Waals surface area contributed by atoms with Crippen molar-refractivity contribution in [1.29, 1.82) is 0 Å². The van der Waals surface area contributed by atoms with E-state index in [0.717, 1.165) is 0 Å². The van der Waals surface area contributed by atoms with Crippen LogP contribution in [0.1, 0.15) is 34.6 Å². The standard InChI is InChI=1S/C18H19NO4/c1-12(2)23-16-10-5-4-9-15(16)17(20)19-14-8-6-7-13(11-14)18(21)22-3/h4-12H,1-3H3,(H,19,20). The number of benzene rings is 2. The highest BCUT2D eigenvalue weighted by atomic mass is 16.5. The third-order valence-corrected chi connectivity index (χ3v) is 3.04. The van der Waals surface area contributed by atoms with Crippen molar-refractivity contribution in [1.82, 2.24) is 0 Å². The van der Waals surface area contributed by atoms with Gasteiger partial charge in [0.15, 0.2) is 0 Å². The van der Waals surface area contributed by atoms with Crippen molar-refractivity contribution < 1.29 is 19.1 Å². The number of carbonyl (C=O) groups excluding carboxylic acids is 2. The van der Waals surface area contributed by atoms with Gasteiger partial charge in [-0.15, -0.1) is 0 Å². The van der Waals surface area contributed by atoms with Gasteiger partial charge >= 0.3 is 5.97 Å². The topological polar surface area (TPSA) is 64.6 Å². The molecule has 5 heteroatoms. The fourth-order valence-electron chi connectivity index (χ4n) is 2.05. The van der Waals surface area contributed by atoms with Gasteiger partial charge < -0.3 is 14.8 Å². The average molecular weight is 313 g/mol. The number of anilines is 1. The SMILES string of the molecule is COC(=O)c1cccc(NC(=O)c2ccccc2OC(C)C)c1. The average Bonchev–Trinajstić information content (AvgIpc) is 2.54. The first-order chi connectivity index (χ1) is 11.0. The minimum Gasteiger partial charge on any atom is -0.490 e. The Bertz CT molecular complexity index is 710. The minimum absolute atomic E-state index is 0.0356. The van der Waals surface area contributed by atoms with Crippen LogP contribution in [0, 0.1) is 0 Å². The molecule has 0 saturated carbocycles. The number of hydrogen-bond donors (Lipinski definition) is 1. The van der Waals surface area contributed by atoms with E-state index in [-0.39, 0.29) is 12.0 Å². The lowest BCUT2D eigenvalue weighted by molar-refractivity contribution is 0.0600. The van der Waals surface area contributed by atoms with E-state index in [1.54, 1.807) is 42.5 Å². The highest BCUT2D eigenvalue weighted by molar-refractivity contribution is 6.06. The van der Waals surface area contributed by atoms with Gasteiger partial charge in [-0.05, 0) is 44.2 Å². The molecule has 5 nitrogen and oxygen atoms in total. The lowest BCUT2D eigenvalue weighted by Gasteiger charge is -2.14. The maximum Gasteiger partial charge on any atom is 0.337 e. The van der Waals surface area contributed by atoms with Gasteiger partial charge in [-0.3, -0.25) is 4.79 Å². The molecule has 1 amide bonds. The number of amides is 1. The van der Waals surface area contributed by atoms with Gasteiger partial charge in [-0.25, -0.2) is 4.79 Å². The maximum absolute atomic E-state index is 12.5. The van der Waals surface area contributed by atoms with Crippen molar-refractivity contribution in [2.75, 3.05) is 12.4 Å². The summed E-state index contributed by atoms with van der Waals surface area (Å²) in [5, 5.41) is 2.76. The summed E-state index contributed by atoms with van der Waals surface area (Å²) in [6.45, 7) is 3.79. The van der Waals surface area contributed by atoms with Crippen LogP contribution in [-0.2, 0) is 4.74 Å². The Balaban J connectivity index is 2.21. The fourth-order valence-corrected chi connectivity index (χ4v) is 2.05. The van der Waals surface area contributed by atoms with Crippen molar-refractivity contribution >= 4 is 17.6 Å². The molecule has 0 aromatic heterocycles. The Hall–Kier alpha value is -2.82. The summed E-state index contributed by atoms with van der Waals surface area (Å²) in [5.41, 5.74) is 1.32. The van der Waals surface area contributed by atoms with E-state index >= 15 is 0 Å². The van der Waals surface area contributed by atoms with Crippen molar-refractivity contribution in [3.8, 4) is 5.75 Å². The molecule has 0 aliphatic rings. The summed E-state index contributed by atoms with van der Waals surface area (Å²) in [5.74, 6) is -0.239. The molecule has 0 fully saturated rings. The van der Waals surface area contributed by atoms with Gasteiger partial charge in [0, 0.05) is 5.69 Å². The van der Waals surface area contributed by atoms with Gasteiger partial charge in [0.05, 0.1) is 24.3 Å². The van der Waals surface area contributed by atoms with E-state index in [2.05, 4.69) is 10.1 Å². The third-order valence-electron chi connectivity index (χ3n) is 3.04. The molecule has 2 aromatic rings. The number of hydrogen-bond acceptors (Lipinski definition) is 4. The first-order valence-corrected chi connectivity index (χ1v) is 7.26. The number of para-hydroxylation sites is 1. The summed E-state index contributed by atoms with van der Waals surface area (Å²) in [6, 6.07) is 13.6. The molecule has 120 valence electrons. The minimum atomic E-state index is -0.454. The van der Waals surface area contributed by atoms with E-state index in [1.165, 1.54) is 7.11 Å². The summed E-state index contributed by atoms with van der Waals surface area (Å²) in [7, 11) is 1.31. The first kappa shape index (κ1) is 16.5. The smallest absolute Gasteiger partial charge is 0.337 e. The van der Waals surface area contributed by atoms with Crippen molar-refractivity contribution in [3.05, 3.63) is 59.7 Å². The zero-order valence-electron chi connectivity index (χ0n) is 13.3. The van der Waals surface area contributed by atoms with Gasteiger partial charge in [0.1, 0.15) is 5.75 Å². The van der Waals surface area contributed by atoms with Gasteiger partial charge in [-0.2, -0.15) is 0 Å². The number of methoxy groups -OCH3 is 1. The number of esters is 1. The molecule has 0 radical (unpaired) electrons. The Morgan fingerprint density at radius 2 is 1.78 bits per heavy atom. The second-order valence-corrected chi connectivity index (χ2v) is 5.19. The zero-order valence-corrected chi connectivity index (χ0v) is 13.3. The highest BCUT2D eigenvalue weighted by Gasteiger charge is 2.14. The molecule has 0 spiro atoms. The Morgan fingerprint density at radius 3 is 2.48 bits per heavy atom. The van der Waals surface area contributed by atoms with Crippen LogP contribution in [0.25, 0.3) is 0 Å². The predicted molar refractivity (Wildman–Crippen MR) is 87.9 cm³/mol. The quantitative estimate of drug-likeness (QED) is 0.858. The van der Waals surface area contributed by atoms with E-state index in [9.17, 15) is 9.59 Å². The van der Waals surface area contributed by atoms with Gasteiger partial charge in [0.25, 0.3) is 5.91 Å². The molecular formula is C18H19NO4. The van der Waals surface area contributed by atoms with Crippen LogP contribution in [0.3, 0.4) is 0 Å². The summed E-state index contributed by atoms with van der Waals surface area (Å²) < 4.78 is 10.3. The van der Waals surface area contributed by atoms with Crippen molar-refractivity contribution in [2.45, 2.75) is 20.0 Å². The van der Waals surface area contributed by atoms with Crippen LogP contribution >= 0.6 is 0 Å². The van der Waals surface area contributed by atoms with Gasteiger partial charge in [0.2, 0.25) is 0 Å². The molecule has 0 saturated heterocycles. The summed E-state index contributed by atoms with van der Waals surface area (Å²) >= 11 is 0. The summed E-state index contributed by atoms with van der Waals surface area (Å²) in [6.07, 6.45) is -0.0356. The Kier molecular flexibility index (Phi) is 5.36. The van der Waals surface area contributed by atoms with Gasteiger partial charge in [-0.1, -0.05) is 18.2 Å². The summed E-state index contributed by atoms with van der Waals surface area (Å²) in [4.78, 5) is 24.0. The zero-order chi connectivity index (χ0) is 16.8. The van der Waals surface area contributed by atoms with Crippen LogP contribution in [0.4, 0.5) is 5.69 Å². The predicted octanol–water partition coefficient (Wildman–Crippen LogP) is 3.51. The van der Waals surface area contributed by atoms with E-state index < -0.39 is 5.97 Å². The highest BCUT2D eigenvalue weighted by Crippen LogP contribution is 2.21. The molecule has 0 aliphatic carbocycles. The Morgan fingerprint density at radius 1 is 1.04 bits per heavy atom. The maximum atomic E-state index is 12.5. The van der Waals surface area contributed by atoms with Crippen LogP contribution in [-0.4, -0.2) is 25.1 Å². The molecule has 2 aromatic carbocycles.